The van der Waals surface area contributed by atoms with E-state index in [0.29, 0.717) is 12.4 Å². The molecule has 1 fully saturated rings. The first-order valence-corrected chi connectivity index (χ1v) is 11.2. The Balaban J connectivity index is 1.51. The zero-order valence-corrected chi connectivity index (χ0v) is 19.0. The van der Waals surface area contributed by atoms with Crippen LogP contribution in [0.3, 0.4) is 0 Å². The number of rotatable bonds is 9. The molecule has 2 N–H and O–H groups in total. The molecule has 0 spiro atoms. The molecule has 1 aliphatic heterocycles. The molecule has 3 rings (SSSR count). The molecule has 2 aromatic rings. The average molecular weight is 426 g/mol. The topological polar surface area (TPSA) is 71.0 Å². The summed E-state index contributed by atoms with van der Waals surface area (Å²) in [6.45, 7) is 13.4. The molecule has 0 atom stereocenters. The van der Waals surface area contributed by atoms with Gasteiger partial charge in [-0.3, -0.25) is 4.90 Å². The Hall–Kier alpha value is -2.64. The van der Waals surface area contributed by atoms with Crippen LogP contribution < -0.4 is 15.4 Å². The fraction of sp³-hybridized carbons (Fsp3) is 0.500. The number of ether oxygens (including phenoxy) is 2. The lowest BCUT2D eigenvalue weighted by atomic mass is 10.1. The van der Waals surface area contributed by atoms with Gasteiger partial charge in [0.25, 0.3) is 0 Å². The quantitative estimate of drug-likeness (QED) is 0.365. The summed E-state index contributed by atoms with van der Waals surface area (Å²) < 4.78 is 11.3. The lowest BCUT2D eigenvalue weighted by Crippen LogP contribution is -2.40. The van der Waals surface area contributed by atoms with Crippen molar-refractivity contribution in [3.8, 4) is 11.6 Å². The molecule has 0 aliphatic carbocycles. The lowest BCUT2D eigenvalue weighted by molar-refractivity contribution is 0.0376. The minimum absolute atomic E-state index is 0.560. The first kappa shape index (κ1) is 23.0. The molecular formula is C24H35N5O2. The molecule has 31 heavy (non-hydrogen) atoms. The molecule has 7 nitrogen and oxygen atoms in total. The van der Waals surface area contributed by atoms with Crippen molar-refractivity contribution in [1.82, 2.24) is 20.5 Å². The second kappa shape index (κ2) is 12.3. The first-order chi connectivity index (χ1) is 15.1. The second-order valence-corrected chi connectivity index (χ2v) is 7.78. The number of morpholine rings is 1. The van der Waals surface area contributed by atoms with Crippen molar-refractivity contribution in [2.24, 2.45) is 4.99 Å². The Bertz CT molecular complexity index is 850. The third kappa shape index (κ3) is 7.84. The van der Waals surface area contributed by atoms with Crippen LogP contribution in [-0.4, -0.2) is 61.8 Å². The zero-order valence-electron chi connectivity index (χ0n) is 19.0. The number of pyridine rings is 1. The van der Waals surface area contributed by atoms with E-state index < -0.39 is 0 Å². The Morgan fingerprint density at radius 1 is 1.13 bits per heavy atom. The fourth-order valence-corrected chi connectivity index (χ4v) is 3.35. The summed E-state index contributed by atoms with van der Waals surface area (Å²) in [6, 6.07) is 9.98. The maximum absolute atomic E-state index is 5.94. The second-order valence-electron chi connectivity index (χ2n) is 7.78. The summed E-state index contributed by atoms with van der Waals surface area (Å²) in [5.74, 6) is 2.21. The predicted molar refractivity (Wildman–Crippen MR) is 125 cm³/mol. The molecular weight excluding hydrogens is 390 g/mol. The summed E-state index contributed by atoms with van der Waals surface area (Å²) in [7, 11) is 0. The van der Waals surface area contributed by atoms with Crippen LogP contribution in [0.1, 0.15) is 30.0 Å². The molecule has 0 radical (unpaired) electrons. The Kier molecular flexibility index (Phi) is 9.12. The summed E-state index contributed by atoms with van der Waals surface area (Å²) in [6.07, 6.45) is 2.84. The van der Waals surface area contributed by atoms with E-state index >= 15 is 0 Å². The highest BCUT2D eigenvalue weighted by atomic mass is 16.5. The van der Waals surface area contributed by atoms with Crippen molar-refractivity contribution >= 4 is 5.96 Å². The van der Waals surface area contributed by atoms with Gasteiger partial charge < -0.3 is 20.1 Å². The molecule has 1 aromatic carbocycles. The van der Waals surface area contributed by atoms with Crippen LogP contribution in [-0.2, 0) is 11.3 Å². The lowest BCUT2D eigenvalue weighted by Gasteiger charge is -2.26. The van der Waals surface area contributed by atoms with Crippen LogP contribution in [0.15, 0.2) is 41.5 Å². The van der Waals surface area contributed by atoms with Crippen LogP contribution in [0, 0.1) is 13.8 Å². The molecule has 168 valence electrons. The number of hydrogen-bond donors (Lipinski definition) is 2. The Labute approximate surface area is 185 Å². The van der Waals surface area contributed by atoms with Crippen LogP contribution in [0.4, 0.5) is 0 Å². The molecule has 2 heterocycles. The van der Waals surface area contributed by atoms with Gasteiger partial charge in [0.05, 0.1) is 19.8 Å². The van der Waals surface area contributed by atoms with E-state index in [1.807, 2.05) is 24.3 Å². The standard InChI is InChI=1S/C24H35N5O2/c1-4-25-24(27-9-5-11-29-12-14-30-15-13-29)28-18-21-8-10-26-23(17-21)31-22-7-6-19(2)20(3)16-22/h6-8,10,16-17H,4-5,9,11-15,18H2,1-3H3,(H2,25,27,28). The van der Waals surface area contributed by atoms with Gasteiger partial charge in [0.2, 0.25) is 5.88 Å². The van der Waals surface area contributed by atoms with Gasteiger partial charge in [0, 0.05) is 38.4 Å². The van der Waals surface area contributed by atoms with E-state index in [1.165, 1.54) is 11.1 Å². The Morgan fingerprint density at radius 2 is 1.97 bits per heavy atom. The summed E-state index contributed by atoms with van der Waals surface area (Å²) >= 11 is 0. The fourth-order valence-electron chi connectivity index (χ4n) is 3.35. The first-order valence-electron chi connectivity index (χ1n) is 11.2. The normalized spacial score (nSPS) is 15.0. The van der Waals surface area contributed by atoms with Gasteiger partial charge in [-0.15, -0.1) is 0 Å². The molecule has 7 heteroatoms. The van der Waals surface area contributed by atoms with Gasteiger partial charge >= 0.3 is 0 Å². The van der Waals surface area contributed by atoms with Crippen molar-refractivity contribution < 1.29 is 9.47 Å². The molecule has 0 unspecified atom stereocenters. The molecule has 0 amide bonds. The van der Waals surface area contributed by atoms with Crippen LogP contribution in [0.25, 0.3) is 0 Å². The number of hydrogen-bond acceptors (Lipinski definition) is 5. The zero-order chi connectivity index (χ0) is 21.9. The van der Waals surface area contributed by atoms with Gasteiger partial charge in [0.1, 0.15) is 5.75 Å². The minimum Gasteiger partial charge on any atom is -0.439 e. The highest BCUT2D eigenvalue weighted by Crippen LogP contribution is 2.22. The number of guanidine groups is 1. The predicted octanol–water partition coefficient (Wildman–Crippen LogP) is 3.27. The van der Waals surface area contributed by atoms with E-state index in [4.69, 9.17) is 14.5 Å². The average Bonchev–Trinajstić information content (AvgIpc) is 2.78. The van der Waals surface area contributed by atoms with Crippen LogP contribution in [0.5, 0.6) is 11.6 Å². The summed E-state index contributed by atoms with van der Waals surface area (Å²) in [5.41, 5.74) is 3.50. The molecule has 0 saturated carbocycles. The van der Waals surface area contributed by atoms with Crippen molar-refractivity contribution in [3.63, 3.8) is 0 Å². The smallest absolute Gasteiger partial charge is 0.219 e. The van der Waals surface area contributed by atoms with E-state index in [-0.39, 0.29) is 0 Å². The van der Waals surface area contributed by atoms with Gasteiger partial charge in [0.15, 0.2) is 5.96 Å². The monoisotopic (exact) mass is 425 g/mol. The van der Waals surface area contributed by atoms with Crippen molar-refractivity contribution in [1.29, 1.82) is 0 Å². The third-order valence-corrected chi connectivity index (χ3v) is 5.31. The maximum atomic E-state index is 5.94. The Morgan fingerprint density at radius 3 is 2.74 bits per heavy atom. The van der Waals surface area contributed by atoms with Gasteiger partial charge in [-0.2, -0.15) is 0 Å². The van der Waals surface area contributed by atoms with Crippen molar-refractivity contribution in [2.45, 2.75) is 33.7 Å². The number of aromatic nitrogens is 1. The van der Waals surface area contributed by atoms with Crippen LogP contribution >= 0.6 is 0 Å². The molecule has 1 aromatic heterocycles. The van der Waals surface area contributed by atoms with E-state index in [1.54, 1.807) is 6.20 Å². The number of nitrogens with zero attached hydrogens (tertiary/aromatic N) is 3. The number of aliphatic imine (C=N–C) groups is 1. The van der Waals surface area contributed by atoms with Crippen LogP contribution in [0.2, 0.25) is 0 Å². The van der Waals surface area contributed by atoms with E-state index in [2.05, 4.69) is 47.4 Å². The minimum atomic E-state index is 0.560. The largest absolute Gasteiger partial charge is 0.439 e. The molecule has 0 bridgehead atoms. The van der Waals surface area contributed by atoms with E-state index in [0.717, 1.165) is 69.6 Å². The molecule has 1 saturated heterocycles. The summed E-state index contributed by atoms with van der Waals surface area (Å²) in [5, 5.41) is 6.75. The van der Waals surface area contributed by atoms with Gasteiger partial charge in [-0.05, 0) is 68.6 Å². The number of aryl methyl sites for hydroxylation is 2. The highest BCUT2D eigenvalue weighted by molar-refractivity contribution is 5.79. The SMILES string of the molecule is CCNC(=NCc1ccnc(Oc2ccc(C)c(C)c2)c1)NCCCN1CCOCC1. The van der Waals surface area contributed by atoms with Gasteiger partial charge in [-0.25, -0.2) is 9.98 Å². The highest BCUT2D eigenvalue weighted by Gasteiger charge is 2.09. The summed E-state index contributed by atoms with van der Waals surface area (Å²) in [4.78, 5) is 11.5. The van der Waals surface area contributed by atoms with Crippen molar-refractivity contribution in [3.05, 3.63) is 53.2 Å². The van der Waals surface area contributed by atoms with Crippen molar-refractivity contribution in [2.75, 3.05) is 45.9 Å². The molecule has 1 aliphatic rings. The maximum Gasteiger partial charge on any atom is 0.219 e. The van der Waals surface area contributed by atoms with Gasteiger partial charge in [-0.1, -0.05) is 6.07 Å². The third-order valence-electron chi connectivity index (χ3n) is 5.31. The van der Waals surface area contributed by atoms with E-state index in [9.17, 15) is 0 Å². The number of nitrogens with one attached hydrogen (secondary N) is 2. The number of benzene rings is 1.